The first-order valence-electron chi connectivity index (χ1n) is 52.7. The van der Waals surface area contributed by atoms with Gasteiger partial charge in [0.2, 0.25) is 130 Å². The molecular weight excluding hydrogens is 1880 g/mol. The molecule has 26 heteroatoms. The Hall–Kier alpha value is -14.8. The fraction of sp³-hybridized carbons (Fsp3) is 0.374. The first kappa shape index (κ1) is 121. The van der Waals surface area contributed by atoms with E-state index in [9.17, 15) is 27.6 Å². The van der Waals surface area contributed by atoms with E-state index in [0.717, 1.165) is 85.7 Å². The number of pyridine rings is 10. The highest BCUT2D eigenvalue weighted by atomic mass is 19.1. The van der Waals surface area contributed by atoms with Crippen molar-refractivity contribution >= 4 is 17.9 Å². The maximum Gasteiger partial charge on any atom is 0.411 e. The number of benzene rings is 4. The maximum atomic E-state index is 12.6. The van der Waals surface area contributed by atoms with Crippen molar-refractivity contribution in [3.8, 4) is 5.75 Å². The maximum absolute atomic E-state index is 12.6. The van der Waals surface area contributed by atoms with Crippen LogP contribution in [0.4, 0.5) is 13.2 Å². The van der Waals surface area contributed by atoms with E-state index in [1.165, 1.54) is 214 Å². The molecule has 10 aromatic heterocycles. The number of para-hydroxylation sites is 1. The number of nitrogens with zero attached hydrogens (tertiary/aromatic N) is 10. The Balaban J connectivity index is 0.000000224. The number of hydrogen-bond donors (Lipinski definition) is 0. The van der Waals surface area contributed by atoms with Gasteiger partial charge in [-0.3, -0.25) is 29.0 Å². The topological polar surface area (TPSA) is 182 Å². The van der Waals surface area contributed by atoms with Crippen LogP contribution in [-0.4, -0.2) is 51.4 Å². The van der Waals surface area contributed by atoms with E-state index in [1.54, 1.807) is 134 Å². The van der Waals surface area contributed by atoms with Crippen molar-refractivity contribution in [3.05, 3.63) is 440 Å². The van der Waals surface area contributed by atoms with Gasteiger partial charge < -0.3 is 0 Å². The lowest BCUT2D eigenvalue weighted by Crippen LogP contribution is -2.47. The molecule has 2 saturated carbocycles. The molecule has 0 spiro atoms. The summed E-state index contributed by atoms with van der Waals surface area (Å²) in [7, 11) is 1.63. The summed E-state index contributed by atoms with van der Waals surface area (Å²) in [6.07, 6.45) is 67.7. The van der Waals surface area contributed by atoms with Crippen molar-refractivity contribution in [2.45, 2.75) is 250 Å². The fourth-order valence-corrected chi connectivity index (χ4v) is 14.4. The van der Waals surface area contributed by atoms with Crippen LogP contribution in [0.3, 0.4) is 0 Å². The molecule has 0 amide bonds. The van der Waals surface area contributed by atoms with E-state index in [0.29, 0.717) is 36.9 Å². The number of aromatic nitrogens is 10. The van der Waals surface area contributed by atoms with Gasteiger partial charge >= 0.3 is 17.9 Å². The van der Waals surface area contributed by atoms with Gasteiger partial charge in [0, 0.05) is 169 Å². The summed E-state index contributed by atoms with van der Waals surface area (Å²) in [4.78, 5) is 88.7. The smallest absolute Gasteiger partial charge is 0.275 e. The van der Waals surface area contributed by atoms with Crippen LogP contribution in [0.15, 0.2) is 367 Å². The minimum absolute atomic E-state index is 0.0893. The van der Waals surface area contributed by atoms with E-state index in [4.69, 9.17) is 48.4 Å². The summed E-state index contributed by atoms with van der Waals surface area (Å²) < 4.78 is 53.6. The monoisotopic (exact) mass is 2040 g/mol. The Morgan fingerprint density at radius 2 is 0.604 bits per heavy atom. The second kappa shape index (κ2) is 75.0. The van der Waals surface area contributed by atoms with Gasteiger partial charge in [-0.25, -0.2) is 32.4 Å². The van der Waals surface area contributed by atoms with Gasteiger partial charge in [-0.05, 0) is 205 Å². The normalized spacial score (nSPS) is 11.8. The van der Waals surface area contributed by atoms with Crippen LogP contribution in [0.2, 0.25) is 0 Å². The summed E-state index contributed by atoms with van der Waals surface area (Å²) in [5, 5.41) is 0. The zero-order chi connectivity index (χ0) is 107. The Bertz CT molecular complexity index is 5630. The van der Waals surface area contributed by atoms with Crippen LogP contribution >= 0.6 is 0 Å². The van der Waals surface area contributed by atoms with Gasteiger partial charge in [-0.15, -0.1) is 0 Å². The van der Waals surface area contributed by atoms with Crippen molar-refractivity contribution in [2.24, 2.45) is 17.8 Å². The lowest BCUT2D eigenvalue weighted by atomic mass is 9.89. The molecule has 2 aliphatic rings. The van der Waals surface area contributed by atoms with E-state index < -0.39 is 5.97 Å². The first-order chi connectivity index (χ1) is 72.5. The quantitative estimate of drug-likeness (QED) is 0.0263. The summed E-state index contributed by atoms with van der Waals surface area (Å²) in [5.74, 6) is 0.499. The number of halogens is 3. The molecule has 2 fully saturated rings. The lowest BCUT2D eigenvalue weighted by molar-refractivity contribution is -0.895. The van der Waals surface area contributed by atoms with Crippen molar-refractivity contribution < 1.29 is 123 Å². The second-order valence-electron chi connectivity index (χ2n) is 36.6. The molecule has 149 heavy (non-hydrogen) atoms. The largest absolute Gasteiger partial charge is 0.411 e. The van der Waals surface area contributed by atoms with E-state index in [1.807, 2.05) is 216 Å². The number of carbonyl (C=O) groups is 3. The Labute approximate surface area is 882 Å². The van der Waals surface area contributed by atoms with Gasteiger partial charge in [0.15, 0.2) is 33.0 Å². The highest BCUT2D eigenvalue weighted by molar-refractivity contribution is 5.89. The second-order valence-corrected chi connectivity index (χ2v) is 36.6. The SMILES string of the molecule is CCCCC(CC)CO[n+]1ccc(F)cc1.CCCCCCCCO[n+]1ccc(C)cc1.CCCCCCCCO[n+]1ccc(F)cc1.CO[n+]1ccc(C)cc1.Cc1cc[n+](OC(=O)C2CCCCC2)cc1.Cc1cc[n+](OC(=O)c2ccccc2)cc1.Cc1cc[n+](OCC2CCCCC2)cc1.Cc1cc[n+](OCc2ccccc2)cc1.Cc1cc[n+](Oc2ccccc2)cc1.O=C(O[n+]1ccc(F)cc1)c1ccccc1. The molecule has 4 aromatic carbocycles. The van der Waals surface area contributed by atoms with Gasteiger partial charge in [-0.2, -0.15) is 14.5 Å². The average molecular weight is 2040 g/mol. The number of aryl methyl sites for hydroxylation is 7. The van der Waals surface area contributed by atoms with Gasteiger partial charge in [0.25, 0.3) is 0 Å². The highest BCUT2D eigenvalue weighted by Crippen LogP contribution is 2.25. The van der Waals surface area contributed by atoms with Crippen LogP contribution in [0, 0.1) is 83.7 Å². The molecule has 0 aliphatic heterocycles. The van der Waals surface area contributed by atoms with Crippen LogP contribution in [0.1, 0.15) is 260 Å². The van der Waals surface area contributed by atoms with Crippen LogP contribution in [-0.2, 0) is 11.4 Å². The molecule has 0 saturated heterocycles. The lowest BCUT2D eigenvalue weighted by Gasteiger charge is -2.18. The van der Waals surface area contributed by atoms with Gasteiger partial charge in [-0.1, -0.05) is 215 Å². The molecule has 2 aliphatic carbocycles. The van der Waals surface area contributed by atoms with Crippen molar-refractivity contribution in [1.82, 2.24) is 0 Å². The van der Waals surface area contributed by atoms with Gasteiger partial charge in [0.1, 0.15) is 24.6 Å². The third-order valence-corrected chi connectivity index (χ3v) is 23.6. The molecule has 792 valence electrons. The molecule has 0 radical (unpaired) electrons. The van der Waals surface area contributed by atoms with Crippen molar-refractivity contribution in [1.29, 1.82) is 0 Å². The van der Waals surface area contributed by atoms with Crippen LogP contribution in [0.25, 0.3) is 0 Å². The van der Waals surface area contributed by atoms with Crippen molar-refractivity contribution in [3.63, 3.8) is 0 Å². The minimum Gasteiger partial charge on any atom is -0.275 e. The highest BCUT2D eigenvalue weighted by Gasteiger charge is 2.27. The predicted molar refractivity (Wildman–Crippen MR) is 566 cm³/mol. The average Bonchev–Trinajstić information content (AvgIpc) is 0.790. The molecule has 10 heterocycles. The molecule has 16 rings (SSSR count). The molecule has 14 aromatic rings. The van der Waals surface area contributed by atoms with Gasteiger partial charge in [0.05, 0.1) is 17.0 Å². The fourth-order valence-electron chi connectivity index (χ4n) is 14.4. The van der Waals surface area contributed by atoms with Crippen molar-refractivity contribution in [2.75, 3.05) is 33.5 Å². The zero-order valence-corrected chi connectivity index (χ0v) is 89.7. The van der Waals surface area contributed by atoms with E-state index in [-0.39, 0.29) is 35.3 Å². The zero-order valence-electron chi connectivity index (χ0n) is 89.7. The van der Waals surface area contributed by atoms with Crippen LogP contribution < -0.4 is 95.7 Å². The third kappa shape index (κ3) is 56.1. The molecular formula is C123H161F3N10O13+10. The van der Waals surface area contributed by atoms with E-state index in [2.05, 4.69) is 84.9 Å². The minimum atomic E-state index is -0.489. The van der Waals surface area contributed by atoms with Crippen LogP contribution in [0.5, 0.6) is 5.75 Å². The Kier molecular flexibility index (Phi) is 60.9. The number of rotatable bonds is 38. The predicted octanol–water partition coefficient (Wildman–Crippen LogP) is 20.2. The summed E-state index contributed by atoms with van der Waals surface area (Å²) in [6.45, 7) is 26.8. The number of unbranched alkanes of at least 4 members (excludes halogenated alkanes) is 11. The molecule has 23 nitrogen and oxygen atoms in total. The van der Waals surface area contributed by atoms with E-state index >= 15 is 0 Å². The molecule has 0 N–H and O–H groups in total. The molecule has 1 atom stereocenters. The summed E-state index contributed by atoms with van der Waals surface area (Å²) >= 11 is 0. The number of hydrogen-bond acceptors (Lipinski definition) is 13. The number of carbonyl (C=O) groups excluding carboxylic acids is 3. The Morgan fingerprint density at radius 3 is 0.980 bits per heavy atom. The Morgan fingerprint density at radius 1 is 0.302 bits per heavy atom. The molecule has 1 unspecified atom stereocenters. The summed E-state index contributed by atoms with van der Waals surface area (Å²) in [6, 6.07) is 73.2. The standard InChI is InChI=1S/C14H24NO.2C13H21FNO.C13H18NO2.C13H12NO2.C13H20NO.C13H14NO.C12H9FNO2.C12H12NO.C7H10NO/c1-3-4-5-6-7-8-13-16-15-11-9-14(2)10-12-15;1-3-5-6-12(4-2)11-16-15-9-7-13(14)8-10-15;1-2-3-4-5-6-7-12-16-15-10-8-13(14)9-11-15;2*1-11-7-9-14(10-8-11)16-13(15)12-5-3-2-4-6-12;2*1-12-7-9-14(10-8-12)15-11-13-5-3-2-4-6-13;13-11-6-8-14(9-7-11)16-12(15)10-4-2-1-3-5-10;1-11-7-9-13(10-8-11)14-12-5-3-2-4-6-12;1-7-3-5-8(9-2)6-4-7/h9-12H,3-8,13H2,1-2H3;7-10,12H,3-6,11H2,1-2H3;8-11H,2-7,12H2,1H3;7-10,12H,2-6H2,1H3;2-10H,1H3;7-10,13H,2-6,11H2,1H3;2-10H,11H2,1H3;1-9H;2-10H,1H3;3-6H,1-2H3/q10*+1. The molecule has 0 bridgehead atoms. The first-order valence-corrected chi connectivity index (χ1v) is 52.7. The summed E-state index contributed by atoms with van der Waals surface area (Å²) in [5.41, 5.74) is 10.7. The third-order valence-electron chi connectivity index (χ3n) is 23.6.